The number of aliphatic imine (C=N–C) groups is 1. The number of para-hydroxylation sites is 2. The lowest BCUT2D eigenvalue weighted by molar-refractivity contribution is 0.114. The Labute approximate surface area is 154 Å². The Hall–Kier alpha value is -2.00. The van der Waals surface area contributed by atoms with Gasteiger partial charge in [-0.2, -0.15) is 0 Å². The molecule has 4 N–H and O–H groups in total. The molecule has 7 heteroatoms. The number of nitrogens with one attached hydrogen (secondary N) is 1. The molecule has 0 aliphatic carbocycles. The highest BCUT2D eigenvalue weighted by Crippen LogP contribution is 2.22. The Morgan fingerprint density at radius 1 is 1.25 bits per heavy atom. The lowest BCUT2D eigenvalue weighted by Crippen LogP contribution is -2.27. The summed E-state index contributed by atoms with van der Waals surface area (Å²) in [6, 6.07) is 15.0. The molecule has 0 fully saturated rings. The van der Waals surface area contributed by atoms with Gasteiger partial charge in [0, 0.05) is 3.57 Å². The molecule has 0 amide bonds. The molecule has 0 aliphatic rings. The molecule has 24 heavy (non-hydrogen) atoms. The van der Waals surface area contributed by atoms with E-state index < -0.39 is 6.10 Å². The number of guanidine groups is 1. The van der Waals surface area contributed by atoms with Crippen LogP contribution in [0, 0.1) is 3.57 Å². The van der Waals surface area contributed by atoms with E-state index in [9.17, 15) is 5.11 Å². The first kappa shape index (κ1) is 18.3. The molecule has 0 aromatic heterocycles. The molecule has 2 aromatic carbocycles. The van der Waals surface area contributed by atoms with Gasteiger partial charge in [-0.15, -0.1) is 0 Å². The first-order chi connectivity index (χ1) is 11.6. The maximum absolute atomic E-state index is 9.94. The molecule has 0 saturated carbocycles. The predicted octanol–water partition coefficient (Wildman–Crippen LogP) is 2.47. The van der Waals surface area contributed by atoms with E-state index in [4.69, 9.17) is 15.2 Å². The number of methoxy groups -OCH3 is 1. The van der Waals surface area contributed by atoms with Crippen LogP contribution in [0.5, 0.6) is 11.5 Å². The molecular weight excluding hydrogens is 421 g/mol. The Bertz CT molecular complexity index is 677. The zero-order valence-corrected chi connectivity index (χ0v) is 15.4. The second-order valence-corrected chi connectivity index (χ2v) is 6.22. The third-order valence-electron chi connectivity index (χ3n) is 3.10. The maximum Gasteiger partial charge on any atom is 0.193 e. The van der Waals surface area contributed by atoms with Crippen LogP contribution < -0.4 is 20.5 Å². The summed E-state index contributed by atoms with van der Waals surface area (Å²) >= 11 is 2.22. The van der Waals surface area contributed by atoms with Gasteiger partial charge in [-0.3, -0.25) is 4.99 Å². The number of ether oxygens (including phenoxy) is 2. The molecule has 1 atom stereocenters. The number of aliphatic hydroxyl groups is 1. The third kappa shape index (κ3) is 5.89. The number of hydrogen-bond donors (Lipinski definition) is 3. The van der Waals surface area contributed by atoms with Crippen molar-refractivity contribution < 1.29 is 14.6 Å². The molecule has 0 saturated heterocycles. The summed E-state index contributed by atoms with van der Waals surface area (Å²) in [6.45, 7) is 0.282. The summed E-state index contributed by atoms with van der Waals surface area (Å²) < 4.78 is 11.9. The highest BCUT2D eigenvalue weighted by molar-refractivity contribution is 14.1. The fraction of sp³-hybridized carbons (Fsp3) is 0.235. The van der Waals surface area contributed by atoms with Crippen molar-refractivity contribution in [2.75, 3.05) is 25.6 Å². The lowest BCUT2D eigenvalue weighted by atomic mass is 10.3. The van der Waals surface area contributed by atoms with Gasteiger partial charge in [0.2, 0.25) is 0 Å². The van der Waals surface area contributed by atoms with Gasteiger partial charge < -0.3 is 25.6 Å². The van der Waals surface area contributed by atoms with Gasteiger partial charge >= 0.3 is 0 Å². The standard InChI is InChI=1S/C17H20IN3O3/c1-23-16-5-3-2-4-15(16)21-17(19)20-10-13(22)11-24-14-8-6-12(18)7-9-14/h2-9,13,22H,10-11H2,1H3,(H3,19,20,21). The van der Waals surface area contributed by atoms with E-state index in [0.29, 0.717) is 17.2 Å². The molecule has 0 aliphatic heterocycles. The normalized spacial score (nSPS) is 12.5. The summed E-state index contributed by atoms with van der Waals surface area (Å²) in [7, 11) is 1.58. The van der Waals surface area contributed by atoms with Crippen LogP contribution in [0.25, 0.3) is 0 Å². The number of nitrogens with zero attached hydrogens (tertiary/aromatic N) is 1. The van der Waals surface area contributed by atoms with Gasteiger partial charge in [-0.05, 0) is 59.0 Å². The van der Waals surface area contributed by atoms with Crippen LogP contribution in [0.3, 0.4) is 0 Å². The molecule has 0 bridgehead atoms. The van der Waals surface area contributed by atoms with Crippen LogP contribution in [0.2, 0.25) is 0 Å². The largest absolute Gasteiger partial charge is 0.495 e. The first-order valence-electron chi connectivity index (χ1n) is 7.35. The quantitative estimate of drug-likeness (QED) is 0.349. The summed E-state index contributed by atoms with van der Waals surface area (Å²) in [4.78, 5) is 4.12. The second-order valence-electron chi connectivity index (χ2n) is 4.97. The fourth-order valence-corrected chi connectivity index (χ4v) is 2.26. The van der Waals surface area contributed by atoms with Crippen molar-refractivity contribution in [1.82, 2.24) is 0 Å². The highest BCUT2D eigenvalue weighted by Gasteiger charge is 2.06. The van der Waals surface area contributed by atoms with Crippen molar-refractivity contribution in [3.8, 4) is 11.5 Å². The van der Waals surface area contributed by atoms with Crippen molar-refractivity contribution >= 4 is 34.2 Å². The molecule has 128 valence electrons. The number of anilines is 1. The fourth-order valence-electron chi connectivity index (χ4n) is 1.91. The van der Waals surface area contributed by atoms with E-state index in [2.05, 4.69) is 32.9 Å². The van der Waals surface area contributed by atoms with Crippen molar-refractivity contribution in [2.45, 2.75) is 6.10 Å². The number of benzene rings is 2. The van der Waals surface area contributed by atoms with Crippen molar-refractivity contribution in [1.29, 1.82) is 0 Å². The minimum Gasteiger partial charge on any atom is -0.495 e. The van der Waals surface area contributed by atoms with Gasteiger partial charge in [-0.1, -0.05) is 12.1 Å². The van der Waals surface area contributed by atoms with E-state index in [1.54, 1.807) is 7.11 Å². The Balaban J connectivity index is 1.81. The minimum atomic E-state index is -0.748. The Kier molecular flexibility index (Phi) is 7.13. The number of hydrogen-bond acceptors (Lipinski definition) is 4. The molecule has 2 aromatic rings. The number of halogens is 1. The molecule has 1 unspecified atom stereocenters. The maximum atomic E-state index is 9.94. The molecule has 0 spiro atoms. The average molecular weight is 441 g/mol. The van der Waals surface area contributed by atoms with E-state index >= 15 is 0 Å². The second kappa shape index (κ2) is 9.33. The molecule has 0 radical (unpaired) electrons. The predicted molar refractivity (Wildman–Crippen MR) is 104 cm³/mol. The number of nitrogens with two attached hydrogens (primary N) is 1. The summed E-state index contributed by atoms with van der Waals surface area (Å²) in [6.07, 6.45) is -0.748. The molecular formula is C17H20IN3O3. The summed E-state index contributed by atoms with van der Waals surface area (Å²) in [5.41, 5.74) is 6.55. The average Bonchev–Trinajstić information content (AvgIpc) is 2.60. The number of rotatable bonds is 7. The van der Waals surface area contributed by atoms with E-state index in [1.165, 1.54) is 0 Å². The Morgan fingerprint density at radius 3 is 2.67 bits per heavy atom. The van der Waals surface area contributed by atoms with Crippen LogP contribution in [0.15, 0.2) is 53.5 Å². The third-order valence-corrected chi connectivity index (χ3v) is 3.82. The van der Waals surface area contributed by atoms with Crippen LogP contribution in [0.4, 0.5) is 5.69 Å². The topological polar surface area (TPSA) is 89.1 Å². The minimum absolute atomic E-state index is 0.137. The van der Waals surface area contributed by atoms with Crippen LogP contribution in [0.1, 0.15) is 0 Å². The van der Waals surface area contributed by atoms with Gasteiger partial charge in [0.05, 0.1) is 19.3 Å². The smallest absolute Gasteiger partial charge is 0.193 e. The van der Waals surface area contributed by atoms with Gasteiger partial charge in [0.15, 0.2) is 5.96 Å². The molecule has 2 rings (SSSR count). The van der Waals surface area contributed by atoms with Gasteiger partial charge in [-0.25, -0.2) is 0 Å². The summed E-state index contributed by atoms with van der Waals surface area (Å²) in [5.74, 6) is 1.57. The van der Waals surface area contributed by atoms with Crippen LogP contribution >= 0.6 is 22.6 Å². The van der Waals surface area contributed by atoms with Crippen molar-refractivity contribution in [3.63, 3.8) is 0 Å². The van der Waals surface area contributed by atoms with E-state index in [-0.39, 0.29) is 19.1 Å². The zero-order chi connectivity index (χ0) is 17.4. The SMILES string of the molecule is COc1ccccc1NC(N)=NCC(O)COc1ccc(I)cc1. The van der Waals surface area contributed by atoms with Crippen molar-refractivity contribution in [2.24, 2.45) is 10.7 Å². The number of aliphatic hydroxyl groups excluding tert-OH is 1. The zero-order valence-electron chi connectivity index (χ0n) is 13.3. The highest BCUT2D eigenvalue weighted by atomic mass is 127. The van der Waals surface area contributed by atoms with Crippen molar-refractivity contribution in [3.05, 3.63) is 52.1 Å². The van der Waals surface area contributed by atoms with E-state index in [0.717, 1.165) is 3.57 Å². The van der Waals surface area contributed by atoms with E-state index in [1.807, 2.05) is 48.5 Å². The molecule has 0 heterocycles. The first-order valence-corrected chi connectivity index (χ1v) is 8.42. The monoisotopic (exact) mass is 441 g/mol. The van der Waals surface area contributed by atoms with Crippen LogP contribution in [-0.4, -0.2) is 37.4 Å². The molecule has 6 nitrogen and oxygen atoms in total. The lowest BCUT2D eigenvalue weighted by Gasteiger charge is -2.12. The van der Waals surface area contributed by atoms with Crippen LogP contribution in [-0.2, 0) is 0 Å². The van der Waals surface area contributed by atoms with Gasteiger partial charge in [0.25, 0.3) is 0 Å². The van der Waals surface area contributed by atoms with Gasteiger partial charge in [0.1, 0.15) is 24.2 Å². The Morgan fingerprint density at radius 2 is 1.96 bits per heavy atom. The summed E-state index contributed by atoms with van der Waals surface area (Å²) in [5, 5.41) is 12.9.